The van der Waals surface area contributed by atoms with Gasteiger partial charge in [0.1, 0.15) is 5.76 Å². The van der Waals surface area contributed by atoms with Gasteiger partial charge in [-0.3, -0.25) is 4.79 Å². The van der Waals surface area contributed by atoms with E-state index in [1.165, 1.54) is 18.1 Å². The number of aromatic nitrogens is 2. The molecule has 0 unspecified atom stereocenters. The maximum Gasteiger partial charge on any atom is 0.254 e. The van der Waals surface area contributed by atoms with Gasteiger partial charge >= 0.3 is 0 Å². The summed E-state index contributed by atoms with van der Waals surface area (Å²) < 4.78 is 10.1. The number of para-hydroxylation sites is 1. The summed E-state index contributed by atoms with van der Waals surface area (Å²) in [6.07, 6.45) is 2.84. The summed E-state index contributed by atoms with van der Waals surface area (Å²) in [4.78, 5) is 15.8. The average molecular weight is 389 g/mol. The summed E-state index contributed by atoms with van der Waals surface area (Å²) in [7, 11) is 1.53. The van der Waals surface area contributed by atoms with Crippen LogP contribution in [0.5, 0.6) is 5.88 Å². The van der Waals surface area contributed by atoms with Gasteiger partial charge in [0.25, 0.3) is 5.88 Å². The van der Waals surface area contributed by atoms with E-state index in [4.69, 9.17) is 9.26 Å². The van der Waals surface area contributed by atoms with Gasteiger partial charge in [-0.25, -0.2) is 0 Å². The highest BCUT2D eigenvalue weighted by molar-refractivity contribution is 5.84. The Morgan fingerprint density at radius 3 is 2.76 bits per heavy atom. The predicted octanol–water partition coefficient (Wildman–Crippen LogP) is 4.05. The molecule has 2 aromatic carbocycles. The quantitative estimate of drug-likeness (QED) is 0.476. The van der Waals surface area contributed by atoms with Gasteiger partial charge in [0, 0.05) is 48.5 Å². The van der Waals surface area contributed by atoms with E-state index in [2.05, 4.69) is 39.7 Å². The number of fused-ring (bicyclic) bond motifs is 1. The van der Waals surface area contributed by atoms with E-state index in [9.17, 15) is 4.79 Å². The Balaban J connectivity index is 1.47. The molecule has 1 amide bonds. The van der Waals surface area contributed by atoms with Gasteiger partial charge in [-0.2, -0.15) is 0 Å². The maximum atomic E-state index is 12.4. The highest BCUT2D eigenvalue weighted by Crippen LogP contribution is 2.30. The van der Waals surface area contributed by atoms with Gasteiger partial charge < -0.3 is 19.6 Å². The molecule has 6 heteroatoms. The molecule has 0 saturated heterocycles. The molecule has 4 aromatic rings. The highest BCUT2D eigenvalue weighted by Gasteiger charge is 2.19. The molecule has 0 bridgehead atoms. The van der Waals surface area contributed by atoms with E-state index < -0.39 is 0 Å². The van der Waals surface area contributed by atoms with E-state index in [-0.39, 0.29) is 11.8 Å². The minimum atomic E-state index is -0.0267. The lowest BCUT2D eigenvalue weighted by molar-refractivity contribution is -0.121. The molecule has 6 nitrogen and oxygen atoms in total. The van der Waals surface area contributed by atoms with Crippen molar-refractivity contribution < 1.29 is 14.1 Å². The monoisotopic (exact) mass is 389 g/mol. The van der Waals surface area contributed by atoms with Crippen LogP contribution in [0.2, 0.25) is 0 Å². The third kappa shape index (κ3) is 4.32. The minimum Gasteiger partial charge on any atom is -0.479 e. The Kier molecular flexibility index (Phi) is 5.61. The lowest BCUT2D eigenvalue weighted by Crippen LogP contribution is -2.29. The van der Waals surface area contributed by atoms with E-state index in [1.807, 2.05) is 36.5 Å². The van der Waals surface area contributed by atoms with E-state index in [1.54, 1.807) is 6.07 Å². The fourth-order valence-electron chi connectivity index (χ4n) is 3.52. The number of methoxy groups -OCH3 is 1. The Hall–Kier alpha value is -3.54. The van der Waals surface area contributed by atoms with Crippen LogP contribution in [0.15, 0.2) is 71.4 Å². The van der Waals surface area contributed by atoms with E-state index >= 15 is 0 Å². The molecule has 0 aliphatic heterocycles. The number of ether oxygens (including phenoxy) is 1. The molecule has 0 aliphatic carbocycles. The zero-order valence-electron chi connectivity index (χ0n) is 16.2. The number of benzene rings is 2. The van der Waals surface area contributed by atoms with Gasteiger partial charge in [-0.15, -0.1) is 0 Å². The van der Waals surface area contributed by atoms with Crippen molar-refractivity contribution in [3.8, 4) is 5.88 Å². The summed E-state index contributed by atoms with van der Waals surface area (Å²) in [6, 6.07) is 20.2. The van der Waals surface area contributed by atoms with Crippen molar-refractivity contribution in [2.24, 2.45) is 0 Å². The Labute approximate surface area is 168 Å². The van der Waals surface area contributed by atoms with Crippen molar-refractivity contribution in [2.45, 2.75) is 18.8 Å². The molecule has 1 atom stereocenters. The highest BCUT2D eigenvalue weighted by atomic mass is 16.5. The molecule has 2 heterocycles. The van der Waals surface area contributed by atoms with Crippen LogP contribution in [0.3, 0.4) is 0 Å². The molecule has 0 spiro atoms. The molecule has 2 aromatic heterocycles. The van der Waals surface area contributed by atoms with Crippen LogP contribution >= 0.6 is 0 Å². The zero-order chi connectivity index (χ0) is 20.1. The number of carbonyl (C=O) groups excluding carboxylic acids is 1. The smallest absolute Gasteiger partial charge is 0.254 e. The van der Waals surface area contributed by atoms with Gasteiger partial charge in [-0.1, -0.05) is 48.5 Å². The summed E-state index contributed by atoms with van der Waals surface area (Å²) in [5.74, 6) is 1.08. The van der Waals surface area contributed by atoms with E-state index in [0.29, 0.717) is 31.0 Å². The third-order valence-electron chi connectivity index (χ3n) is 5.05. The molecule has 148 valence electrons. The number of aryl methyl sites for hydroxylation is 1. The second kappa shape index (κ2) is 8.65. The van der Waals surface area contributed by atoms with Gasteiger partial charge in [0.2, 0.25) is 5.91 Å². The van der Waals surface area contributed by atoms with Crippen LogP contribution in [0.4, 0.5) is 0 Å². The number of amides is 1. The van der Waals surface area contributed by atoms with Crippen LogP contribution in [0.1, 0.15) is 29.2 Å². The molecule has 4 rings (SSSR count). The topological polar surface area (TPSA) is 80.1 Å². The fourth-order valence-corrected chi connectivity index (χ4v) is 3.52. The molecular weight excluding hydrogens is 366 g/mol. The van der Waals surface area contributed by atoms with Gasteiger partial charge in [0.05, 0.1) is 7.11 Å². The maximum absolute atomic E-state index is 12.4. The first-order valence-electron chi connectivity index (χ1n) is 9.62. The second-order valence-electron chi connectivity index (χ2n) is 6.89. The SMILES string of the molecule is COc1cc(CCC(=O)NC[C@@H](c2ccccc2)c2c[nH]c3ccccc23)on1. The minimum absolute atomic E-state index is 0.0267. The summed E-state index contributed by atoms with van der Waals surface area (Å²) in [5, 5.41) is 8.01. The zero-order valence-corrected chi connectivity index (χ0v) is 16.2. The van der Waals surface area contributed by atoms with Crippen LogP contribution in [0.25, 0.3) is 10.9 Å². The number of hydrogen-bond acceptors (Lipinski definition) is 4. The standard InChI is InChI=1S/C23H23N3O3/c1-28-23-13-17(29-26-23)11-12-22(27)25-14-19(16-7-3-2-4-8-16)20-15-24-21-10-6-5-9-18(20)21/h2-10,13,15,19,24H,11-12,14H2,1H3,(H,25,27)/t19-/m0/s1. The average Bonchev–Trinajstić information content (AvgIpc) is 3.40. The number of nitrogens with zero attached hydrogens (tertiary/aromatic N) is 1. The van der Waals surface area contributed by atoms with Crippen LogP contribution in [-0.2, 0) is 11.2 Å². The number of nitrogens with one attached hydrogen (secondary N) is 2. The number of hydrogen-bond donors (Lipinski definition) is 2. The lowest BCUT2D eigenvalue weighted by Gasteiger charge is -2.18. The Morgan fingerprint density at radius 1 is 1.17 bits per heavy atom. The summed E-state index contributed by atoms with van der Waals surface area (Å²) in [6.45, 7) is 0.518. The second-order valence-corrected chi connectivity index (χ2v) is 6.89. The lowest BCUT2D eigenvalue weighted by atomic mass is 9.91. The van der Waals surface area contributed by atoms with Crippen molar-refractivity contribution in [1.29, 1.82) is 0 Å². The van der Waals surface area contributed by atoms with Crippen molar-refractivity contribution in [3.05, 3.63) is 83.7 Å². The van der Waals surface area contributed by atoms with Crippen molar-refractivity contribution >= 4 is 16.8 Å². The Bertz CT molecular complexity index is 1080. The first kappa shape index (κ1) is 18.8. The van der Waals surface area contributed by atoms with Crippen LogP contribution < -0.4 is 10.1 Å². The largest absolute Gasteiger partial charge is 0.479 e. The first-order chi connectivity index (χ1) is 14.2. The van der Waals surface area contributed by atoms with Gasteiger partial charge in [0.15, 0.2) is 0 Å². The molecule has 0 saturated carbocycles. The van der Waals surface area contributed by atoms with Crippen molar-refractivity contribution in [3.63, 3.8) is 0 Å². The predicted molar refractivity (Wildman–Crippen MR) is 111 cm³/mol. The first-order valence-corrected chi connectivity index (χ1v) is 9.62. The van der Waals surface area contributed by atoms with Gasteiger partial charge in [-0.05, 0) is 22.3 Å². The third-order valence-corrected chi connectivity index (χ3v) is 5.05. The van der Waals surface area contributed by atoms with Crippen LogP contribution in [0, 0.1) is 0 Å². The number of H-pyrrole nitrogens is 1. The molecule has 0 fully saturated rings. The molecular formula is C23H23N3O3. The normalized spacial score (nSPS) is 12.0. The molecule has 2 N–H and O–H groups in total. The number of carbonyl (C=O) groups is 1. The molecule has 0 radical (unpaired) electrons. The Morgan fingerprint density at radius 2 is 1.97 bits per heavy atom. The van der Waals surface area contributed by atoms with E-state index in [0.717, 1.165) is 11.1 Å². The fraction of sp³-hybridized carbons (Fsp3) is 0.217. The van der Waals surface area contributed by atoms with Crippen molar-refractivity contribution in [2.75, 3.05) is 13.7 Å². The van der Waals surface area contributed by atoms with Crippen molar-refractivity contribution in [1.82, 2.24) is 15.5 Å². The summed E-state index contributed by atoms with van der Waals surface area (Å²) in [5.41, 5.74) is 3.43. The molecule has 0 aliphatic rings. The summed E-state index contributed by atoms with van der Waals surface area (Å²) >= 11 is 0. The number of aromatic amines is 1. The molecule has 29 heavy (non-hydrogen) atoms. The number of rotatable bonds is 8. The van der Waals surface area contributed by atoms with Crippen LogP contribution in [-0.4, -0.2) is 29.7 Å².